The fourth-order valence-electron chi connectivity index (χ4n) is 3.55. The first kappa shape index (κ1) is 23.7. The van der Waals surface area contributed by atoms with E-state index in [1.807, 2.05) is 0 Å². The molecule has 2 amide bonds. The SMILES string of the molecule is CNc1cc2c(cn1)cc(-c1ccc(F)c(NC(=O)Nc3cccc(C(F)(F)F)c3)c1)c(=O)n2C. The molecule has 180 valence electrons. The Kier molecular flexibility index (Phi) is 6.16. The molecule has 0 bridgehead atoms. The van der Waals surface area contributed by atoms with Gasteiger partial charge in [0.25, 0.3) is 5.56 Å². The van der Waals surface area contributed by atoms with Gasteiger partial charge in [0.2, 0.25) is 0 Å². The number of rotatable bonds is 4. The summed E-state index contributed by atoms with van der Waals surface area (Å²) in [5, 5.41) is 8.10. The standard InChI is InChI=1S/C24H19F4N5O2/c1-29-21-11-20-14(12-30-21)8-17(22(34)33(20)2)13-6-7-18(25)19(9-13)32-23(35)31-16-5-3-4-15(10-16)24(26,27)28/h3-12H,1-2H3,(H,29,30)(H2,31,32,35). The van der Waals surface area contributed by atoms with E-state index >= 15 is 0 Å². The highest BCUT2D eigenvalue weighted by molar-refractivity contribution is 6.00. The first-order valence-corrected chi connectivity index (χ1v) is 10.3. The van der Waals surface area contributed by atoms with Crippen molar-refractivity contribution in [3.63, 3.8) is 0 Å². The van der Waals surface area contributed by atoms with Gasteiger partial charge in [0, 0.05) is 43.0 Å². The third-order valence-electron chi connectivity index (χ3n) is 5.34. The van der Waals surface area contributed by atoms with Gasteiger partial charge in [-0.1, -0.05) is 12.1 Å². The van der Waals surface area contributed by atoms with E-state index in [-0.39, 0.29) is 22.5 Å². The molecule has 0 unspecified atom stereocenters. The maximum Gasteiger partial charge on any atom is 0.416 e. The number of halogens is 4. The summed E-state index contributed by atoms with van der Waals surface area (Å²) in [6.07, 6.45) is -2.99. The highest BCUT2D eigenvalue weighted by atomic mass is 19.4. The van der Waals surface area contributed by atoms with Crippen molar-refractivity contribution in [3.8, 4) is 11.1 Å². The number of amides is 2. The minimum atomic E-state index is -4.58. The normalized spacial score (nSPS) is 11.4. The number of carbonyl (C=O) groups excluding carboxylic acids is 1. The van der Waals surface area contributed by atoms with E-state index in [1.165, 1.54) is 22.8 Å². The number of nitrogens with zero attached hydrogens (tertiary/aromatic N) is 2. The van der Waals surface area contributed by atoms with Crippen LogP contribution < -0.4 is 21.5 Å². The van der Waals surface area contributed by atoms with Crippen LogP contribution in [0.25, 0.3) is 22.0 Å². The van der Waals surface area contributed by atoms with Gasteiger partial charge in [-0.25, -0.2) is 14.2 Å². The van der Waals surface area contributed by atoms with Crippen molar-refractivity contribution in [2.45, 2.75) is 6.18 Å². The van der Waals surface area contributed by atoms with E-state index in [4.69, 9.17) is 0 Å². The molecule has 4 aromatic rings. The predicted octanol–water partition coefficient (Wildman–Crippen LogP) is 5.44. The van der Waals surface area contributed by atoms with Gasteiger partial charge < -0.3 is 20.5 Å². The van der Waals surface area contributed by atoms with Crippen LogP contribution in [0.15, 0.2) is 65.6 Å². The molecule has 2 aromatic heterocycles. The monoisotopic (exact) mass is 485 g/mol. The molecule has 2 aromatic carbocycles. The molecule has 2 heterocycles. The van der Waals surface area contributed by atoms with Crippen molar-refractivity contribution in [2.75, 3.05) is 23.0 Å². The first-order valence-electron chi connectivity index (χ1n) is 10.3. The molecule has 0 spiro atoms. The van der Waals surface area contributed by atoms with Crippen LogP contribution in [-0.2, 0) is 13.2 Å². The summed E-state index contributed by atoms with van der Waals surface area (Å²) in [5.41, 5.74) is -0.437. The molecule has 0 radical (unpaired) electrons. The van der Waals surface area contributed by atoms with E-state index in [1.54, 1.807) is 32.4 Å². The summed E-state index contributed by atoms with van der Waals surface area (Å²) in [7, 11) is 3.30. The molecule has 7 nitrogen and oxygen atoms in total. The zero-order valence-electron chi connectivity index (χ0n) is 18.5. The number of hydrogen-bond donors (Lipinski definition) is 3. The fraction of sp³-hybridized carbons (Fsp3) is 0.125. The number of nitrogens with one attached hydrogen (secondary N) is 3. The lowest BCUT2D eigenvalue weighted by Crippen LogP contribution is -2.21. The smallest absolute Gasteiger partial charge is 0.373 e. The van der Waals surface area contributed by atoms with Crippen molar-refractivity contribution in [3.05, 3.63) is 82.5 Å². The van der Waals surface area contributed by atoms with Gasteiger partial charge in [0.15, 0.2) is 0 Å². The Morgan fingerprint density at radius 1 is 1.03 bits per heavy atom. The van der Waals surface area contributed by atoms with Gasteiger partial charge in [-0.3, -0.25) is 4.79 Å². The van der Waals surface area contributed by atoms with Crippen molar-refractivity contribution in [1.29, 1.82) is 0 Å². The second-order valence-corrected chi connectivity index (χ2v) is 7.65. The van der Waals surface area contributed by atoms with Gasteiger partial charge in [0.1, 0.15) is 11.6 Å². The van der Waals surface area contributed by atoms with Gasteiger partial charge in [0.05, 0.1) is 16.8 Å². The largest absolute Gasteiger partial charge is 0.416 e. The Hall–Kier alpha value is -4.41. The number of anilines is 3. The number of benzene rings is 2. The first-order chi connectivity index (χ1) is 16.6. The molecule has 3 N–H and O–H groups in total. The van der Waals surface area contributed by atoms with Gasteiger partial charge in [-0.15, -0.1) is 0 Å². The quantitative estimate of drug-likeness (QED) is 0.336. The van der Waals surface area contributed by atoms with Gasteiger partial charge in [-0.2, -0.15) is 13.2 Å². The van der Waals surface area contributed by atoms with Crippen LogP contribution in [0.5, 0.6) is 0 Å². The Bertz CT molecular complexity index is 1500. The van der Waals surface area contributed by atoms with Crippen molar-refractivity contribution < 1.29 is 22.4 Å². The van der Waals surface area contributed by atoms with E-state index in [0.29, 0.717) is 22.3 Å². The van der Waals surface area contributed by atoms with Gasteiger partial charge >= 0.3 is 12.2 Å². The number of aromatic nitrogens is 2. The van der Waals surface area contributed by atoms with Crippen molar-refractivity contribution in [2.24, 2.45) is 7.05 Å². The minimum absolute atomic E-state index is 0.120. The third kappa shape index (κ3) is 4.93. The number of pyridine rings is 2. The number of carbonyl (C=O) groups is 1. The lowest BCUT2D eigenvalue weighted by atomic mass is 10.0. The average Bonchev–Trinajstić information content (AvgIpc) is 2.82. The van der Waals surface area contributed by atoms with Crippen LogP contribution in [-0.4, -0.2) is 22.6 Å². The molecule has 0 aliphatic carbocycles. The summed E-state index contributed by atoms with van der Waals surface area (Å²) in [6, 6.07) is 10.2. The molecular formula is C24H19F4N5O2. The number of urea groups is 1. The summed E-state index contributed by atoms with van der Waals surface area (Å²) < 4.78 is 54.5. The number of hydrogen-bond acceptors (Lipinski definition) is 4. The molecule has 0 saturated heterocycles. The number of aryl methyl sites for hydroxylation is 1. The van der Waals surface area contributed by atoms with Crippen LogP contribution in [0.1, 0.15) is 5.56 Å². The summed E-state index contributed by atoms with van der Waals surface area (Å²) in [6.45, 7) is 0. The van der Waals surface area contributed by atoms with Gasteiger partial charge in [-0.05, 0) is 42.0 Å². The molecule has 11 heteroatoms. The second kappa shape index (κ2) is 9.09. The van der Waals surface area contributed by atoms with Crippen LogP contribution in [0.3, 0.4) is 0 Å². The van der Waals surface area contributed by atoms with Crippen LogP contribution in [0, 0.1) is 5.82 Å². The third-order valence-corrected chi connectivity index (χ3v) is 5.34. The molecule has 0 fully saturated rings. The topological polar surface area (TPSA) is 88.1 Å². The lowest BCUT2D eigenvalue weighted by Gasteiger charge is -2.13. The van der Waals surface area contributed by atoms with E-state index in [9.17, 15) is 27.2 Å². The highest BCUT2D eigenvalue weighted by Gasteiger charge is 2.30. The molecular weight excluding hydrogens is 466 g/mol. The molecule has 0 aliphatic rings. The average molecular weight is 485 g/mol. The zero-order chi connectivity index (χ0) is 25.3. The second-order valence-electron chi connectivity index (χ2n) is 7.65. The number of fused-ring (bicyclic) bond motifs is 1. The van der Waals surface area contributed by atoms with Crippen LogP contribution in [0.4, 0.5) is 39.5 Å². The fourth-order valence-corrected chi connectivity index (χ4v) is 3.55. The van der Waals surface area contributed by atoms with Crippen molar-refractivity contribution in [1.82, 2.24) is 9.55 Å². The van der Waals surface area contributed by atoms with Crippen LogP contribution >= 0.6 is 0 Å². The summed E-state index contributed by atoms with van der Waals surface area (Å²) in [4.78, 5) is 29.6. The van der Waals surface area contributed by atoms with E-state index < -0.39 is 23.6 Å². The summed E-state index contributed by atoms with van der Waals surface area (Å²) >= 11 is 0. The van der Waals surface area contributed by atoms with E-state index in [0.717, 1.165) is 24.3 Å². The molecule has 0 aliphatic heterocycles. The lowest BCUT2D eigenvalue weighted by molar-refractivity contribution is -0.137. The maximum absolute atomic E-state index is 14.4. The Labute approximate surface area is 196 Å². The molecule has 0 saturated carbocycles. The Morgan fingerprint density at radius 3 is 2.51 bits per heavy atom. The molecule has 35 heavy (non-hydrogen) atoms. The molecule has 4 rings (SSSR count). The maximum atomic E-state index is 14.4. The Morgan fingerprint density at radius 2 is 1.80 bits per heavy atom. The summed E-state index contributed by atoms with van der Waals surface area (Å²) in [5.74, 6) is -0.203. The highest BCUT2D eigenvalue weighted by Crippen LogP contribution is 2.31. The number of alkyl halides is 3. The van der Waals surface area contributed by atoms with Crippen LogP contribution in [0.2, 0.25) is 0 Å². The van der Waals surface area contributed by atoms with E-state index in [2.05, 4.69) is 20.9 Å². The predicted molar refractivity (Wildman–Crippen MR) is 126 cm³/mol. The Balaban J connectivity index is 1.63. The minimum Gasteiger partial charge on any atom is -0.373 e. The zero-order valence-corrected chi connectivity index (χ0v) is 18.5. The van der Waals surface area contributed by atoms with Crippen molar-refractivity contribution >= 4 is 34.1 Å². The molecule has 0 atom stereocenters.